The number of aliphatic carboxylic acids is 1. The van der Waals surface area contributed by atoms with E-state index in [1.807, 2.05) is 0 Å². The third-order valence-corrected chi connectivity index (χ3v) is 3.36. The second-order valence-corrected chi connectivity index (χ2v) is 5.04. The minimum absolute atomic E-state index is 0.111. The maximum atomic E-state index is 11.5. The van der Waals surface area contributed by atoms with Crippen LogP contribution in [0.5, 0.6) is 0 Å². The topological polar surface area (TPSA) is 82.1 Å². The summed E-state index contributed by atoms with van der Waals surface area (Å²) in [7, 11) is 1.59. The summed E-state index contributed by atoms with van der Waals surface area (Å²) >= 11 is 1.44. The van der Waals surface area contributed by atoms with Crippen molar-refractivity contribution in [2.75, 3.05) is 45.0 Å². The summed E-state index contributed by atoms with van der Waals surface area (Å²) < 4.78 is 15.0. The van der Waals surface area contributed by atoms with Gasteiger partial charge in [-0.15, -0.1) is 0 Å². The summed E-state index contributed by atoms with van der Waals surface area (Å²) in [6, 6.07) is 0. The molecule has 7 heteroatoms. The van der Waals surface area contributed by atoms with E-state index in [0.29, 0.717) is 31.3 Å². The van der Waals surface area contributed by atoms with Gasteiger partial charge in [-0.25, -0.2) is 0 Å². The maximum Gasteiger partial charge on any atom is 0.309 e. The van der Waals surface area contributed by atoms with Crippen molar-refractivity contribution in [3.05, 3.63) is 0 Å². The fourth-order valence-corrected chi connectivity index (χ4v) is 2.05. The molecule has 0 heterocycles. The number of methoxy groups -OCH3 is 1. The average Bonchev–Trinajstić information content (AvgIpc) is 2.38. The van der Waals surface area contributed by atoms with Gasteiger partial charge in [0.25, 0.3) is 0 Å². The number of thioether (sulfide) groups is 1. The zero-order chi connectivity index (χ0) is 14.5. The molecule has 0 aromatic rings. The van der Waals surface area contributed by atoms with Crippen LogP contribution in [-0.2, 0) is 23.8 Å². The highest BCUT2D eigenvalue weighted by atomic mass is 32.2. The molecular formula is C12H22O6S. The van der Waals surface area contributed by atoms with Crippen LogP contribution in [-0.4, -0.2) is 62.1 Å². The quantitative estimate of drug-likeness (QED) is 0.425. The Labute approximate surface area is 117 Å². The highest BCUT2D eigenvalue weighted by Gasteiger charge is 2.14. The van der Waals surface area contributed by atoms with Crippen molar-refractivity contribution in [1.82, 2.24) is 0 Å². The van der Waals surface area contributed by atoms with Gasteiger partial charge in [0.1, 0.15) is 6.61 Å². The van der Waals surface area contributed by atoms with E-state index in [0.717, 1.165) is 0 Å². The van der Waals surface area contributed by atoms with E-state index in [9.17, 15) is 9.59 Å². The minimum Gasteiger partial charge on any atom is -0.481 e. The zero-order valence-corrected chi connectivity index (χ0v) is 12.2. The van der Waals surface area contributed by atoms with Gasteiger partial charge >= 0.3 is 11.9 Å². The van der Waals surface area contributed by atoms with Crippen LogP contribution >= 0.6 is 11.8 Å². The van der Waals surface area contributed by atoms with E-state index in [2.05, 4.69) is 0 Å². The Hall–Kier alpha value is -0.790. The molecule has 0 aliphatic rings. The SMILES string of the molecule is COCCOCCOC(=O)C(C)CSCCC(=O)O. The normalized spacial score (nSPS) is 12.1. The number of esters is 1. The molecule has 0 aliphatic carbocycles. The third-order valence-electron chi connectivity index (χ3n) is 2.13. The second-order valence-electron chi connectivity index (χ2n) is 3.89. The lowest BCUT2D eigenvalue weighted by atomic mass is 10.2. The minimum atomic E-state index is -0.823. The van der Waals surface area contributed by atoms with Crippen molar-refractivity contribution in [3.63, 3.8) is 0 Å². The first-order chi connectivity index (χ1) is 9.07. The Kier molecular flexibility index (Phi) is 11.7. The lowest BCUT2D eigenvalue weighted by molar-refractivity contribution is -0.148. The average molecular weight is 294 g/mol. The summed E-state index contributed by atoms with van der Waals surface area (Å²) in [4.78, 5) is 21.8. The molecule has 0 rings (SSSR count). The van der Waals surface area contributed by atoms with Gasteiger partial charge in [0.15, 0.2) is 0 Å². The van der Waals surface area contributed by atoms with Gasteiger partial charge in [-0.1, -0.05) is 6.92 Å². The van der Waals surface area contributed by atoms with Crippen LogP contribution < -0.4 is 0 Å². The van der Waals surface area contributed by atoms with Gasteiger partial charge in [0, 0.05) is 18.6 Å². The largest absolute Gasteiger partial charge is 0.481 e. The lowest BCUT2D eigenvalue weighted by Gasteiger charge is -2.11. The fraction of sp³-hybridized carbons (Fsp3) is 0.833. The zero-order valence-electron chi connectivity index (χ0n) is 11.4. The molecule has 1 unspecified atom stereocenters. The first-order valence-corrected chi connectivity index (χ1v) is 7.26. The summed E-state index contributed by atoms with van der Waals surface area (Å²) in [5.74, 6) is -0.268. The van der Waals surface area contributed by atoms with Crippen LogP contribution in [0.1, 0.15) is 13.3 Å². The molecule has 112 valence electrons. The number of carboxylic acid groups (broad SMARTS) is 1. The van der Waals surface area contributed by atoms with E-state index >= 15 is 0 Å². The lowest BCUT2D eigenvalue weighted by Crippen LogP contribution is -2.20. The summed E-state index contributed by atoms with van der Waals surface area (Å²) in [6.45, 7) is 3.35. The molecule has 1 N–H and O–H groups in total. The molecule has 0 aliphatic heterocycles. The molecular weight excluding hydrogens is 272 g/mol. The van der Waals surface area contributed by atoms with Crippen LogP contribution in [0.15, 0.2) is 0 Å². The van der Waals surface area contributed by atoms with E-state index in [-0.39, 0.29) is 24.9 Å². The molecule has 0 saturated heterocycles. The van der Waals surface area contributed by atoms with Crippen molar-refractivity contribution < 1.29 is 28.9 Å². The van der Waals surface area contributed by atoms with Gasteiger partial charge in [-0.2, -0.15) is 11.8 Å². The highest BCUT2D eigenvalue weighted by molar-refractivity contribution is 7.99. The molecule has 0 saturated carbocycles. The van der Waals surface area contributed by atoms with Crippen LogP contribution in [0.4, 0.5) is 0 Å². The molecule has 0 fully saturated rings. The summed E-state index contributed by atoms with van der Waals surface area (Å²) in [5, 5.41) is 8.46. The fourth-order valence-electron chi connectivity index (χ4n) is 1.08. The van der Waals surface area contributed by atoms with E-state index in [1.165, 1.54) is 11.8 Å². The molecule has 0 spiro atoms. The molecule has 0 aromatic carbocycles. The van der Waals surface area contributed by atoms with Crippen LogP contribution in [0, 0.1) is 5.92 Å². The van der Waals surface area contributed by atoms with Gasteiger partial charge < -0.3 is 19.3 Å². The molecule has 6 nitrogen and oxygen atoms in total. The van der Waals surface area contributed by atoms with Gasteiger partial charge in [0.2, 0.25) is 0 Å². The molecule has 1 atom stereocenters. The first-order valence-electron chi connectivity index (χ1n) is 6.10. The first kappa shape index (κ1) is 18.2. The number of hydrogen-bond donors (Lipinski definition) is 1. The predicted molar refractivity (Wildman–Crippen MR) is 72.4 cm³/mol. The molecule has 0 bridgehead atoms. The van der Waals surface area contributed by atoms with Gasteiger partial charge in [0.05, 0.1) is 32.2 Å². The van der Waals surface area contributed by atoms with Gasteiger partial charge in [-0.3, -0.25) is 9.59 Å². The number of ether oxygens (including phenoxy) is 3. The number of carboxylic acids is 1. The van der Waals surface area contributed by atoms with Crippen LogP contribution in [0.3, 0.4) is 0 Å². The Morgan fingerprint density at radius 3 is 2.53 bits per heavy atom. The third kappa shape index (κ3) is 12.0. The molecule has 0 amide bonds. The molecule has 19 heavy (non-hydrogen) atoms. The van der Waals surface area contributed by atoms with E-state index in [4.69, 9.17) is 19.3 Å². The van der Waals surface area contributed by atoms with Crippen molar-refractivity contribution in [3.8, 4) is 0 Å². The summed E-state index contributed by atoms with van der Waals surface area (Å²) in [6.07, 6.45) is 0.111. The highest BCUT2D eigenvalue weighted by Crippen LogP contribution is 2.11. The smallest absolute Gasteiger partial charge is 0.309 e. The van der Waals surface area contributed by atoms with E-state index in [1.54, 1.807) is 14.0 Å². The predicted octanol–water partition coefficient (Wildman–Crippen LogP) is 1.04. The Balaban J connectivity index is 3.46. The van der Waals surface area contributed by atoms with Crippen molar-refractivity contribution in [1.29, 1.82) is 0 Å². The molecule has 0 aromatic heterocycles. The Morgan fingerprint density at radius 1 is 1.21 bits per heavy atom. The Morgan fingerprint density at radius 2 is 1.89 bits per heavy atom. The number of rotatable bonds is 12. The van der Waals surface area contributed by atoms with Gasteiger partial charge in [-0.05, 0) is 0 Å². The monoisotopic (exact) mass is 294 g/mol. The van der Waals surface area contributed by atoms with Crippen molar-refractivity contribution >= 4 is 23.7 Å². The maximum absolute atomic E-state index is 11.5. The van der Waals surface area contributed by atoms with Crippen molar-refractivity contribution in [2.45, 2.75) is 13.3 Å². The second kappa shape index (κ2) is 12.3. The van der Waals surface area contributed by atoms with Crippen molar-refractivity contribution in [2.24, 2.45) is 5.92 Å². The number of carbonyl (C=O) groups excluding carboxylic acids is 1. The number of hydrogen-bond acceptors (Lipinski definition) is 6. The Bertz CT molecular complexity index is 259. The summed E-state index contributed by atoms with van der Waals surface area (Å²) in [5.41, 5.74) is 0. The van der Waals surface area contributed by atoms with Crippen LogP contribution in [0.25, 0.3) is 0 Å². The standard InChI is InChI=1S/C12H22O6S/c1-10(9-19-8-3-11(13)14)12(15)18-7-6-17-5-4-16-2/h10H,3-9H2,1-2H3,(H,13,14). The van der Waals surface area contributed by atoms with Crippen LogP contribution in [0.2, 0.25) is 0 Å². The molecule has 0 radical (unpaired) electrons. The number of carbonyl (C=O) groups is 2. The van der Waals surface area contributed by atoms with E-state index < -0.39 is 5.97 Å².